The number of unbranched alkanes of at least 4 members (excludes halogenated alkanes) is 16. The number of hydrogen-bond acceptors (Lipinski definition) is 6. The zero-order valence-corrected chi connectivity index (χ0v) is 37.2. The summed E-state index contributed by atoms with van der Waals surface area (Å²) in [5.41, 5.74) is 0.500. The van der Waals surface area contributed by atoms with Crippen LogP contribution in [0.2, 0.25) is 0 Å². The van der Waals surface area contributed by atoms with E-state index in [2.05, 4.69) is 33.0 Å². The number of esters is 2. The maximum atomic E-state index is 12.4. The molecule has 1 spiro atoms. The fourth-order valence-electron chi connectivity index (χ4n) is 9.18. The number of carbonyl (C=O) groups is 2. The van der Waals surface area contributed by atoms with E-state index in [1.165, 1.54) is 167 Å². The summed E-state index contributed by atoms with van der Waals surface area (Å²) in [5.74, 6) is 1.46. The number of hydrogen-bond donors (Lipinski definition) is 1. The summed E-state index contributed by atoms with van der Waals surface area (Å²) in [7, 11) is 0. The minimum Gasteiger partial charge on any atom is -0.466 e. The van der Waals surface area contributed by atoms with Gasteiger partial charge >= 0.3 is 11.9 Å². The molecule has 1 aliphatic carbocycles. The van der Waals surface area contributed by atoms with Crippen LogP contribution in [0.25, 0.3) is 0 Å². The van der Waals surface area contributed by atoms with Gasteiger partial charge in [0, 0.05) is 31.8 Å². The molecule has 1 saturated heterocycles. The lowest BCUT2D eigenvalue weighted by molar-refractivity contribution is -0.168. The predicted octanol–water partition coefficient (Wildman–Crippen LogP) is 14.3. The highest BCUT2D eigenvalue weighted by Gasteiger charge is 2.49. The Hall–Kier alpha value is -1.14. The molecule has 0 aromatic heterocycles. The van der Waals surface area contributed by atoms with Gasteiger partial charge in [0.05, 0.1) is 26.4 Å². The van der Waals surface area contributed by atoms with Crippen molar-refractivity contribution in [3.05, 3.63) is 0 Å². The average Bonchev–Trinajstić information content (AvgIpc) is 3.14. The predicted molar refractivity (Wildman–Crippen MR) is 235 cm³/mol. The number of nitrogens with one attached hydrogen (secondary N) is 1. The summed E-state index contributed by atoms with van der Waals surface area (Å²) in [6.45, 7) is 12.2. The first-order chi connectivity index (χ1) is 26.9. The summed E-state index contributed by atoms with van der Waals surface area (Å²) in [5, 5.41) is 4.04. The van der Waals surface area contributed by atoms with Crippen LogP contribution in [-0.4, -0.2) is 50.4 Å². The first-order valence-corrected chi connectivity index (χ1v) is 24.6. The Balaban J connectivity index is 0.0000157. The molecule has 0 unspecified atom stereocenters. The van der Waals surface area contributed by atoms with E-state index in [1.54, 1.807) is 0 Å². The topological polar surface area (TPSA) is 73.9 Å². The van der Waals surface area contributed by atoms with E-state index in [0.29, 0.717) is 43.6 Å². The maximum absolute atomic E-state index is 12.4. The summed E-state index contributed by atoms with van der Waals surface area (Å²) in [6.07, 6.45) is 40.7. The summed E-state index contributed by atoms with van der Waals surface area (Å²) >= 11 is 0. The smallest absolute Gasteiger partial charge is 0.305 e. The lowest BCUT2D eigenvalue weighted by Crippen LogP contribution is -2.60. The van der Waals surface area contributed by atoms with E-state index in [9.17, 15) is 9.59 Å². The standard InChI is InChI=1S/C49H93NO5.H2/c1-5-9-19-27-43(28-20-10-6-2)35-37-54-47(51)33-25-17-13-15-23-31-45(50-46-39-49(40-46)41-53-42-49)32-24-16-14-18-26-34-48(52)55-38-36-44(29-21-11-7-3)30-22-12-8-4;/h43-46,50H,5-42H2,1-4H3;1H. The molecule has 0 aromatic carbocycles. The highest BCUT2D eigenvalue weighted by molar-refractivity contribution is 5.69. The fourth-order valence-corrected chi connectivity index (χ4v) is 9.18. The molecule has 0 radical (unpaired) electrons. The second kappa shape index (κ2) is 33.8. The number of ether oxygens (including phenoxy) is 3. The zero-order chi connectivity index (χ0) is 39.7. The molecule has 55 heavy (non-hydrogen) atoms. The number of carbonyl (C=O) groups excluding carboxylic acids is 2. The molecule has 326 valence electrons. The molecule has 2 rings (SSSR count). The Morgan fingerprint density at radius 2 is 0.891 bits per heavy atom. The first-order valence-electron chi connectivity index (χ1n) is 24.6. The van der Waals surface area contributed by atoms with Crippen molar-refractivity contribution in [2.45, 2.75) is 258 Å². The zero-order valence-electron chi connectivity index (χ0n) is 37.2. The van der Waals surface area contributed by atoms with Gasteiger partial charge in [-0.05, 0) is 63.2 Å². The Morgan fingerprint density at radius 1 is 0.527 bits per heavy atom. The van der Waals surface area contributed by atoms with Crippen molar-refractivity contribution in [3.63, 3.8) is 0 Å². The minimum atomic E-state index is 0. The van der Waals surface area contributed by atoms with Crippen LogP contribution >= 0.6 is 0 Å². The van der Waals surface area contributed by atoms with Gasteiger partial charge in [0.25, 0.3) is 0 Å². The van der Waals surface area contributed by atoms with Crippen LogP contribution in [-0.2, 0) is 23.8 Å². The first kappa shape index (κ1) is 50.0. The van der Waals surface area contributed by atoms with Crippen molar-refractivity contribution < 1.29 is 25.2 Å². The van der Waals surface area contributed by atoms with E-state index in [-0.39, 0.29) is 13.4 Å². The minimum absolute atomic E-state index is 0. The van der Waals surface area contributed by atoms with E-state index in [1.807, 2.05) is 0 Å². The third-order valence-electron chi connectivity index (χ3n) is 13.0. The lowest BCUT2D eigenvalue weighted by Gasteiger charge is -2.54. The third kappa shape index (κ3) is 25.8. The monoisotopic (exact) mass is 778 g/mol. The van der Waals surface area contributed by atoms with Gasteiger partial charge in [0.2, 0.25) is 0 Å². The third-order valence-corrected chi connectivity index (χ3v) is 13.0. The molecule has 6 heteroatoms. The summed E-state index contributed by atoms with van der Waals surface area (Å²) < 4.78 is 16.9. The van der Waals surface area contributed by atoms with Gasteiger partial charge in [0.15, 0.2) is 0 Å². The second-order valence-electron chi connectivity index (χ2n) is 18.3. The van der Waals surface area contributed by atoms with Crippen molar-refractivity contribution in [1.82, 2.24) is 5.32 Å². The molecular weight excluding hydrogens is 683 g/mol. The van der Waals surface area contributed by atoms with Crippen LogP contribution in [0.15, 0.2) is 0 Å². The van der Waals surface area contributed by atoms with E-state index < -0.39 is 0 Å². The molecule has 1 N–H and O–H groups in total. The van der Waals surface area contributed by atoms with Gasteiger partial charge in [-0.2, -0.15) is 0 Å². The van der Waals surface area contributed by atoms with Crippen molar-refractivity contribution in [2.75, 3.05) is 26.4 Å². The van der Waals surface area contributed by atoms with Crippen molar-refractivity contribution in [3.8, 4) is 0 Å². The van der Waals surface area contributed by atoms with Crippen LogP contribution in [0, 0.1) is 17.3 Å². The Kier molecular flexibility index (Phi) is 30.7. The van der Waals surface area contributed by atoms with Gasteiger partial charge in [0.1, 0.15) is 0 Å². The summed E-state index contributed by atoms with van der Waals surface area (Å²) in [6, 6.07) is 1.27. The Morgan fingerprint density at radius 3 is 1.25 bits per heavy atom. The molecule has 1 aliphatic heterocycles. The van der Waals surface area contributed by atoms with Gasteiger partial charge in [-0.15, -0.1) is 0 Å². The molecule has 0 atom stereocenters. The Labute approximate surface area is 343 Å². The molecule has 0 aromatic rings. The quantitative estimate of drug-likeness (QED) is 0.0493. The summed E-state index contributed by atoms with van der Waals surface area (Å²) in [4.78, 5) is 24.8. The highest BCUT2D eigenvalue weighted by atomic mass is 16.5. The van der Waals surface area contributed by atoms with E-state index in [4.69, 9.17) is 14.2 Å². The largest absolute Gasteiger partial charge is 0.466 e. The van der Waals surface area contributed by atoms with Crippen molar-refractivity contribution in [2.24, 2.45) is 17.3 Å². The molecule has 2 fully saturated rings. The fraction of sp³-hybridized carbons (Fsp3) is 0.959. The van der Waals surface area contributed by atoms with Crippen molar-refractivity contribution in [1.29, 1.82) is 0 Å². The molecule has 1 saturated carbocycles. The number of rotatable bonds is 40. The molecule has 1 heterocycles. The maximum Gasteiger partial charge on any atom is 0.305 e. The van der Waals surface area contributed by atoms with Crippen molar-refractivity contribution >= 4 is 11.9 Å². The van der Waals surface area contributed by atoms with Crippen LogP contribution < -0.4 is 5.32 Å². The second-order valence-corrected chi connectivity index (χ2v) is 18.3. The molecule has 2 aliphatic rings. The SMILES string of the molecule is CCCCCC(CCCCC)CCOC(=O)CCCCCCCC(CCCCCCCC(=O)OCCC(CCCCC)CCCCC)NC1CC2(COC2)C1.[HH]. The van der Waals surface area contributed by atoms with Crippen LogP contribution in [0.1, 0.15) is 247 Å². The molecular formula is C49H95NO5. The molecule has 0 bridgehead atoms. The highest BCUT2D eigenvalue weighted by Crippen LogP contribution is 2.47. The average molecular weight is 778 g/mol. The van der Waals surface area contributed by atoms with E-state index >= 15 is 0 Å². The van der Waals surface area contributed by atoms with Crippen LogP contribution in [0.3, 0.4) is 0 Å². The molecule has 6 nitrogen and oxygen atoms in total. The van der Waals surface area contributed by atoms with Crippen LogP contribution in [0.4, 0.5) is 0 Å². The van der Waals surface area contributed by atoms with Gasteiger partial charge in [-0.1, -0.05) is 182 Å². The normalized spacial score (nSPS) is 15.3. The Bertz CT molecular complexity index is 829. The van der Waals surface area contributed by atoms with E-state index in [0.717, 1.165) is 63.6 Å². The lowest BCUT2D eigenvalue weighted by atomic mass is 9.64. The molecule has 0 amide bonds. The van der Waals surface area contributed by atoms with Gasteiger partial charge in [-0.25, -0.2) is 0 Å². The van der Waals surface area contributed by atoms with Gasteiger partial charge in [-0.3, -0.25) is 9.59 Å². The van der Waals surface area contributed by atoms with Gasteiger partial charge < -0.3 is 19.5 Å². The van der Waals surface area contributed by atoms with Crippen LogP contribution in [0.5, 0.6) is 0 Å².